The average molecular weight is 384 g/mol. The maximum atomic E-state index is 14.0. The van der Waals surface area contributed by atoms with E-state index >= 15 is 0 Å². The molecule has 150 valence electrons. The van der Waals surface area contributed by atoms with Crippen molar-refractivity contribution in [2.45, 2.75) is 58.3 Å². The van der Waals surface area contributed by atoms with E-state index in [0.29, 0.717) is 25.9 Å². The van der Waals surface area contributed by atoms with Crippen molar-refractivity contribution in [3.63, 3.8) is 0 Å². The molecular formula is C19H26F2N2O4. The van der Waals surface area contributed by atoms with Gasteiger partial charge in [0.25, 0.3) is 0 Å². The van der Waals surface area contributed by atoms with Crippen LogP contribution in [0.3, 0.4) is 0 Å². The third-order valence-corrected chi connectivity index (χ3v) is 4.01. The SMILES string of the molecule is Cc1ccc(OC(F)(F)C(=O)NC2CCN(C(=O)OC(C)(C)C)CC2)cc1. The van der Waals surface area contributed by atoms with Gasteiger partial charge in [0.2, 0.25) is 0 Å². The number of ether oxygens (including phenoxy) is 2. The third kappa shape index (κ3) is 6.37. The molecule has 0 atom stereocenters. The fourth-order valence-corrected chi connectivity index (χ4v) is 2.60. The van der Waals surface area contributed by atoms with Gasteiger partial charge in [0, 0.05) is 19.1 Å². The Morgan fingerprint density at radius 2 is 1.67 bits per heavy atom. The summed E-state index contributed by atoms with van der Waals surface area (Å²) < 4.78 is 37.9. The summed E-state index contributed by atoms with van der Waals surface area (Å²) in [7, 11) is 0. The molecule has 0 saturated carbocycles. The van der Waals surface area contributed by atoms with Gasteiger partial charge in [-0.2, -0.15) is 8.78 Å². The maximum Gasteiger partial charge on any atom is 0.482 e. The minimum atomic E-state index is -3.97. The molecule has 27 heavy (non-hydrogen) atoms. The standard InChI is InChI=1S/C19H26F2N2O4/c1-13-5-7-15(8-6-13)26-19(20,21)16(24)22-14-9-11-23(12-10-14)17(25)27-18(2,3)4/h5-8,14H,9-12H2,1-4H3,(H,22,24). The first-order chi connectivity index (χ1) is 12.5. The third-order valence-electron chi connectivity index (χ3n) is 4.01. The molecule has 1 fully saturated rings. The number of likely N-dealkylation sites (tertiary alicyclic amines) is 1. The van der Waals surface area contributed by atoms with Crippen molar-refractivity contribution in [1.82, 2.24) is 10.2 Å². The quantitative estimate of drug-likeness (QED) is 0.863. The van der Waals surface area contributed by atoms with Crippen LogP contribution >= 0.6 is 0 Å². The topological polar surface area (TPSA) is 67.9 Å². The number of hydrogen-bond acceptors (Lipinski definition) is 4. The second kappa shape index (κ2) is 8.10. The van der Waals surface area contributed by atoms with Gasteiger partial charge in [0.15, 0.2) is 0 Å². The van der Waals surface area contributed by atoms with Gasteiger partial charge >= 0.3 is 18.1 Å². The van der Waals surface area contributed by atoms with Crippen LogP contribution in [0.1, 0.15) is 39.2 Å². The predicted molar refractivity (Wildman–Crippen MR) is 95.7 cm³/mol. The Bertz CT molecular complexity index is 663. The second-order valence-electron chi connectivity index (χ2n) is 7.65. The Morgan fingerprint density at radius 1 is 1.11 bits per heavy atom. The molecule has 2 amide bonds. The number of piperidine rings is 1. The van der Waals surface area contributed by atoms with Crippen LogP contribution in [0.2, 0.25) is 0 Å². The van der Waals surface area contributed by atoms with Crippen molar-refractivity contribution >= 4 is 12.0 Å². The molecule has 0 bridgehead atoms. The van der Waals surface area contributed by atoms with Gasteiger partial charge in [0.05, 0.1) is 0 Å². The van der Waals surface area contributed by atoms with Crippen LogP contribution in [-0.4, -0.2) is 47.7 Å². The normalized spacial score (nSPS) is 16.0. The number of amides is 2. The zero-order valence-electron chi connectivity index (χ0n) is 16.1. The number of nitrogens with zero attached hydrogens (tertiary/aromatic N) is 1. The van der Waals surface area contributed by atoms with E-state index in [0.717, 1.165) is 5.56 Å². The van der Waals surface area contributed by atoms with Crippen LogP contribution in [-0.2, 0) is 9.53 Å². The first kappa shape index (κ1) is 20.9. The lowest BCUT2D eigenvalue weighted by molar-refractivity contribution is -0.193. The van der Waals surface area contributed by atoms with Crippen LogP contribution < -0.4 is 10.1 Å². The summed E-state index contributed by atoms with van der Waals surface area (Å²) >= 11 is 0. The molecule has 1 heterocycles. The Labute approximate surface area is 157 Å². The number of aryl methyl sites for hydroxylation is 1. The Morgan fingerprint density at radius 3 is 2.19 bits per heavy atom. The number of hydrogen-bond donors (Lipinski definition) is 1. The number of benzene rings is 1. The van der Waals surface area contributed by atoms with Gasteiger partial charge in [-0.25, -0.2) is 4.79 Å². The van der Waals surface area contributed by atoms with E-state index in [1.807, 2.05) is 6.92 Å². The zero-order valence-corrected chi connectivity index (χ0v) is 16.1. The lowest BCUT2D eigenvalue weighted by atomic mass is 10.1. The van der Waals surface area contributed by atoms with Crippen molar-refractivity contribution < 1.29 is 27.8 Å². The molecule has 1 aliphatic rings. The Balaban J connectivity index is 1.84. The van der Waals surface area contributed by atoms with Crippen molar-refractivity contribution in [1.29, 1.82) is 0 Å². The van der Waals surface area contributed by atoms with Crippen molar-refractivity contribution in [2.75, 3.05) is 13.1 Å². The van der Waals surface area contributed by atoms with Crippen LogP contribution in [0.25, 0.3) is 0 Å². The van der Waals surface area contributed by atoms with Crippen molar-refractivity contribution in [3.05, 3.63) is 29.8 Å². The van der Waals surface area contributed by atoms with Crippen LogP contribution in [0.4, 0.5) is 13.6 Å². The molecule has 2 rings (SSSR count). The van der Waals surface area contributed by atoms with E-state index in [1.54, 1.807) is 32.9 Å². The highest BCUT2D eigenvalue weighted by atomic mass is 19.3. The molecule has 0 radical (unpaired) electrons. The van der Waals surface area contributed by atoms with E-state index in [2.05, 4.69) is 10.1 Å². The maximum absolute atomic E-state index is 14.0. The predicted octanol–water partition coefficient (Wildman–Crippen LogP) is 3.48. The zero-order chi connectivity index (χ0) is 20.2. The number of rotatable bonds is 4. The molecule has 6 nitrogen and oxygen atoms in total. The van der Waals surface area contributed by atoms with Gasteiger partial charge in [-0.3, -0.25) is 4.79 Å². The molecule has 0 aromatic heterocycles. The molecule has 0 spiro atoms. The van der Waals surface area contributed by atoms with E-state index in [1.165, 1.54) is 17.0 Å². The van der Waals surface area contributed by atoms with E-state index in [9.17, 15) is 18.4 Å². The molecule has 1 N–H and O–H groups in total. The summed E-state index contributed by atoms with van der Waals surface area (Å²) in [6, 6.07) is 5.56. The second-order valence-corrected chi connectivity index (χ2v) is 7.65. The largest absolute Gasteiger partial charge is 0.482 e. The van der Waals surface area contributed by atoms with E-state index < -0.39 is 29.8 Å². The molecule has 0 unspecified atom stereocenters. The monoisotopic (exact) mass is 384 g/mol. The van der Waals surface area contributed by atoms with E-state index in [4.69, 9.17) is 4.74 Å². The summed E-state index contributed by atoms with van der Waals surface area (Å²) in [5, 5.41) is 2.31. The van der Waals surface area contributed by atoms with Gasteiger partial charge in [-0.15, -0.1) is 0 Å². The number of alkyl halides is 2. The minimum absolute atomic E-state index is 0.0829. The lowest BCUT2D eigenvalue weighted by Gasteiger charge is -2.34. The fourth-order valence-electron chi connectivity index (χ4n) is 2.60. The van der Waals surface area contributed by atoms with Crippen LogP contribution in [0, 0.1) is 6.92 Å². The number of halogens is 2. The molecule has 1 aromatic rings. The minimum Gasteiger partial charge on any atom is -0.444 e. The van der Waals surface area contributed by atoms with Gasteiger partial charge in [-0.1, -0.05) is 17.7 Å². The lowest BCUT2D eigenvalue weighted by Crippen LogP contribution is -2.52. The Kier molecular flexibility index (Phi) is 6.28. The van der Waals surface area contributed by atoms with Crippen molar-refractivity contribution in [2.24, 2.45) is 0 Å². The molecule has 8 heteroatoms. The summed E-state index contributed by atoms with van der Waals surface area (Å²) in [4.78, 5) is 25.4. The van der Waals surface area contributed by atoms with Crippen LogP contribution in [0.15, 0.2) is 24.3 Å². The summed E-state index contributed by atoms with van der Waals surface area (Å²) in [6.07, 6.45) is -3.69. The highest BCUT2D eigenvalue weighted by molar-refractivity contribution is 5.82. The van der Waals surface area contributed by atoms with Crippen LogP contribution in [0.5, 0.6) is 5.75 Å². The van der Waals surface area contributed by atoms with Crippen molar-refractivity contribution in [3.8, 4) is 5.75 Å². The first-order valence-electron chi connectivity index (χ1n) is 8.89. The van der Waals surface area contributed by atoms with Gasteiger partial charge in [-0.05, 0) is 52.7 Å². The smallest absolute Gasteiger partial charge is 0.444 e. The molecule has 1 aromatic carbocycles. The van der Waals surface area contributed by atoms with Gasteiger partial charge in [0.1, 0.15) is 11.4 Å². The number of nitrogens with one attached hydrogen (secondary N) is 1. The molecule has 0 aliphatic carbocycles. The highest BCUT2D eigenvalue weighted by Crippen LogP contribution is 2.23. The highest BCUT2D eigenvalue weighted by Gasteiger charge is 2.43. The summed E-state index contributed by atoms with van der Waals surface area (Å²) in [6.45, 7) is 7.78. The Hall–Kier alpha value is -2.38. The van der Waals surface area contributed by atoms with Gasteiger partial charge < -0.3 is 19.7 Å². The molecular weight excluding hydrogens is 358 g/mol. The number of carbonyl (C=O) groups excluding carboxylic acids is 2. The molecule has 1 aliphatic heterocycles. The van der Waals surface area contributed by atoms with E-state index in [-0.39, 0.29) is 5.75 Å². The fraction of sp³-hybridized carbons (Fsp3) is 0.579. The number of carbonyl (C=O) groups is 2. The summed E-state index contributed by atoms with van der Waals surface area (Å²) in [5.74, 6) is -1.57. The average Bonchev–Trinajstić information content (AvgIpc) is 2.56. The first-order valence-corrected chi connectivity index (χ1v) is 8.89. The summed E-state index contributed by atoms with van der Waals surface area (Å²) in [5.41, 5.74) is 0.296. The molecule has 1 saturated heterocycles.